The van der Waals surface area contributed by atoms with Crippen molar-refractivity contribution in [2.24, 2.45) is 23.5 Å². The fourth-order valence-electron chi connectivity index (χ4n) is 8.38. The monoisotopic (exact) mass is 679 g/mol. The normalized spacial score (nSPS) is 20.5. The van der Waals surface area contributed by atoms with Crippen LogP contribution in [-0.4, -0.2) is 71.2 Å². The Kier molecular flexibility index (Phi) is 11.3. The zero-order valence-corrected chi connectivity index (χ0v) is 28.5. The quantitative estimate of drug-likeness (QED) is 0.118. The highest BCUT2D eigenvalue weighted by Gasteiger charge is 2.49. The number of aliphatic hydroxyl groups is 1. The van der Waals surface area contributed by atoms with E-state index >= 15 is 0 Å². The number of carbonyl (C=O) groups excluding carboxylic acids is 2. The minimum atomic E-state index is -0.939. The average Bonchev–Trinajstić information content (AvgIpc) is 3.60. The van der Waals surface area contributed by atoms with Crippen molar-refractivity contribution < 1.29 is 19.8 Å². The molecule has 264 valence electrons. The molecule has 50 heavy (non-hydrogen) atoms. The third-order valence-electron chi connectivity index (χ3n) is 10.9. The Morgan fingerprint density at radius 1 is 0.920 bits per heavy atom. The van der Waals surface area contributed by atoms with Crippen LogP contribution in [0.15, 0.2) is 89.7 Å². The van der Waals surface area contributed by atoms with E-state index in [1.807, 2.05) is 60.7 Å². The lowest BCUT2D eigenvalue weighted by Crippen LogP contribution is -2.49. The minimum Gasteiger partial charge on any atom is -0.506 e. The largest absolute Gasteiger partial charge is 0.506 e. The van der Waals surface area contributed by atoms with Gasteiger partial charge in [0.25, 0.3) is 0 Å². The van der Waals surface area contributed by atoms with E-state index in [1.54, 1.807) is 12.1 Å². The summed E-state index contributed by atoms with van der Waals surface area (Å²) in [5.41, 5.74) is 7.78. The lowest BCUT2D eigenvalue weighted by Gasteiger charge is -2.37. The summed E-state index contributed by atoms with van der Waals surface area (Å²) in [6.07, 6.45) is 4.72. The van der Waals surface area contributed by atoms with Crippen LogP contribution in [0, 0.1) is 17.8 Å². The number of nitrogens with one attached hydrogen (secondary N) is 3. The number of phenols is 1. The van der Waals surface area contributed by atoms with Gasteiger partial charge in [-0.1, -0.05) is 73.2 Å². The molecule has 7 N–H and O–H groups in total. The van der Waals surface area contributed by atoms with Gasteiger partial charge in [-0.25, -0.2) is 0 Å². The first-order chi connectivity index (χ1) is 24.3. The fourth-order valence-corrected chi connectivity index (χ4v) is 8.38. The zero-order chi connectivity index (χ0) is 35.1. The highest BCUT2D eigenvalue weighted by molar-refractivity contribution is 5.91. The molecule has 1 aliphatic heterocycles. The van der Waals surface area contributed by atoms with Crippen LogP contribution in [0.3, 0.4) is 0 Å². The van der Waals surface area contributed by atoms with Crippen molar-refractivity contribution in [1.29, 1.82) is 0 Å². The number of hydrogen-bond donors (Lipinski definition) is 6. The third-order valence-corrected chi connectivity index (χ3v) is 10.9. The van der Waals surface area contributed by atoms with Crippen molar-refractivity contribution in [3.8, 4) is 5.75 Å². The number of phenolic OH excluding ortho intramolecular Hbond substituents is 1. The molecule has 1 saturated carbocycles. The molecule has 0 radical (unpaired) electrons. The van der Waals surface area contributed by atoms with Gasteiger partial charge in [-0.05, 0) is 85.3 Å². The SMILES string of the molecule is NC(=O)C(c1ccccc1)(c1ccccc1)[C@@H]1CCN(CCC(=O)NCC2CCCC(CNC[C@H](O)c3ccc(O)c4[nH]c(=O)ccc34)C2)C1. The number of aromatic amines is 1. The van der Waals surface area contributed by atoms with Crippen molar-refractivity contribution in [3.05, 3.63) is 112 Å². The van der Waals surface area contributed by atoms with Gasteiger partial charge in [0.05, 0.1) is 11.6 Å². The Hall–Kier alpha value is -4.51. The van der Waals surface area contributed by atoms with Crippen molar-refractivity contribution in [2.75, 3.05) is 39.3 Å². The summed E-state index contributed by atoms with van der Waals surface area (Å²) in [6, 6.07) is 25.9. The van der Waals surface area contributed by atoms with Gasteiger partial charge in [-0.15, -0.1) is 0 Å². The fraction of sp³-hybridized carbons (Fsp3) is 0.425. The van der Waals surface area contributed by atoms with Crippen LogP contribution in [0.25, 0.3) is 10.9 Å². The maximum Gasteiger partial charge on any atom is 0.248 e. The number of aromatic hydroxyl groups is 1. The van der Waals surface area contributed by atoms with E-state index < -0.39 is 11.5 Å². The molecule has 2 unspecified atom stereocenters. The Morgan fingerprint density at radius 2 is 1.60 bits per heavy atom. The van der Waals surface area contributed by atoms with Crippen molar-refractivity contribution in [1.82, 2.24) is 20.5 Å². The average molecular weight is 680 g/mol. The zero-order valence-electron chi connectivity index (χ0n) is 28.5. The number of H-pyrrole nitrogens is 1. The molecule has 4 atom stereocenters. The number of hydrogen-bond acceptors (Lipinski definition) is 7. The molecule has 4 aromatic rings. The van der Waals surface area contributed by atoms with E-state index in [9.17, 15) is 24.6 Å². The van der Waals surface area contributed by atoms with Crippen LogP contribution in [0.2, 0.25) is 0 Å². The lowest BCUT2D eigenvalue weighted by atomic mass is 9.64. The number of likely N-dealkylation sites (tertiary alicyclic amines) is 1. The summed E-state index contributed by atoms with van der Waals surface area (Å²) < 4.78 is 0. The highest BCUT2D eigenvalue weighted by Crippen LogP contribution is 2.43. The molecular weight excluding hydrogens is 630 g/mol. The lowest BCUT2D eigenvalue weighted by molar-refractivity contribution is -0.124. The smallest absolute Gasteiger partial charge is 0.248 e. The first-order valence-electron chi connectivity index (χ1n) is 17.9. The summed E-state index contributed by atoms with van der Waals surface area (Å²) in [7, 11) is 0. The van der Waals surface area contributed by atoms with Gasteiger partial charge in [-0.2, -0.15) is 0 Å². The van der Waals surface area contributed by atoms with E-state index in [4.69, 9.17) is 5.73 Å². The molecule has 1 saturated heterocycles. The van der Waals surface area contributed by atoms with Crippen LogP contribution in [0.1, 0.15) is 61.3 Å². The molecule has 3 aromatic carbocycles. The highest BCUT2D eigenvalue weighted by atomic mass is 16.3. The van der Waals surface area contributed by atoms with Crippen LogP contribution >= 0.6 is 0 Å². The number of benzene rings is 3. The topological polar surface area (TPSA) is 161 Å². The molecule has 2 amide bonds. The molecule has 6 rings (SSSR count). The molecule has 2 fully saturated rings. The van der Waals surface area contributed by atoms with E-state index in [0.29, 0.717) is 60.9 Å². The van der Waals surface area contributed by atoms with Crippen LogP contribution in [0.4, 0.5) is 0 Å². The van der Waals surface area contributed by atoms with Crippen molar-refractivity contribution >= 4 is 22.7 Å². The molecule has 1 aliphatic carbocycles. The van der Waals surface area contributed by atoms with Gasteiger partial charge in [0.1, 0.15) is 11.2 Å². The number of fused-ring (bicyclic) bond motifs is 1. The molecular formula is C40H49N5O5. The Balaban J connectivity index is 0.957. The first kappa shape index (κ1) is 35.3. The summed E-state index contributed by atoms with van der Waals surface area (Å²) >= 11 is 0. The number of aromatic nitrogens is 1. The predicted octanol–water partition coefficient (Wildman–Crippen LogP) is 3.96. The number of primary amides is 1. The number of pyridine rings is 1. The Labute approximate surface area is 293 Å². The number of amides is 2. The molecule has 0 spiro atoms. The Bertz CT molecular complexity index is 1770. The summed E-state index contributed by atoms with van der Waals surface area (Å²) in [5.74, 6) is 0.527. The van der Waals surface area contributed by atoms with E-state index in [2.05, 4.69) is 20.5 Å². The maximum atomic E-state index is 13.4. The molecule has 0 bridgehead atoms. The standard InChI is InChI=1S/C40H49N5O5/c41-39(50)40(29-10-3-1-4-11-29,30-12-5-2-6-13-30)31-18-20-45(26-31)21-19-36(48)43-24-28-9-7-8-27(22-28)23-42-25-35(47)32-14-16-34(46)38-33(32)15-17-37(49)44-38/h1-6,10-17,27-28,31,35,42,46-47H,7-9,18-26H2,(H2,41,50)(H,43,48)(H,44,49)/t27?,28?,31-,35+/m1/s1. The van der Waals surface area contributed by atoms with Crippen LogP contribution in [-0.2, 0) is 15.0 Å². The molecule has 2 aliphatic rings. The van der Waals surface area contributed by atoms with Crippen LogP contribution < -0.4 is 21.9 Å². The summed E-state index contributed by atoms with van der Waals surface area (Å²) in [6.45, 7) is 3.90. The van der Waals surface area contributed by atoms with Crippen LogP contribution in [0.5, 0.6) is 5.75 Å². The van der Waals surface area contributed by atoms with Gasteiger partial charge >= 0.3 is 0 Å². The number of nitrogens with two attached hydrogens (primary N) is 1. The number of carbonyl (C=O) groups is 2. The van der Waals surface area contributed by atoms with Gasteiger partial charge in [-0.3, -0.25) is 14.4 Å². The summed E-state index contributed by atoms with van der Waals surface area (Å²) in [5, 5.41) is 28.3. The second-order valence-corrected chi connectivity index (χ2v) is 14.1. The predicted molar refractivity (Wildman–Crippen MR) is 195 cm³/mol. The van der Waals surface area contributed by atoms with E-state index in [1.165, 1.54) is 12.1 Å². The van der Waals surface area contributed by atoms with E-state index in [0.717, 1.165) is 56.3 Å². The van der Waals surface area contributed by atoms with Gasteiger partial charge < -0.3 is 36.5 Å². The van der Waals surface area contributed by atoms with E-state index in [-0.39, 0.29) is 29.0 Å². The number of nitrogens with zero attached hydrogens (tertiary/aromatic N) is 1. The maximum absolute atomic E-state index is 13.4. The van der Waals surface area contributed by atoms with Gasteiger partial charge in [0, 0.05) is 44.1 Å². The van der Waals surface area contributed by atoms with Gasteiger partial charge in [0.15, 0.2) is 0 Å². The first-order valence-corrected chi connectivity index (χ1v) is 17.9. The second-order valence-electron chi connectivity index (χ2n) is 14.1. The molecule has 2 heterocycles. The number of aliphatic hydroxyl groups excluding tert-OH is 1. The van der Waals surface area contributed by atoms with Gasteiger partial charge in [0.2, 0.25) is 17.4 Å². The Morgan fingerprint density at radius 3 is 2.28 bits per heavy atom. The van der Waals surface area contributed by atoms with Crippen molar-refractivity contribution in [3.63, 3.8) is 0 Å². The molecule has 1 aromatic heterocycles. The van der Waals surface area contributed by atoms with Crippen molar-refractivity contribution in [2.45, 2.75) is 50.0 Å². The molecule has 10 nitrogen and oxygen atoms in total. The number of rotatable bonds is 14. The third kappa shape index (κ3) is 7.78. The second kappa shape index (κ2) is 16.0. The summed E-state index contributed by atoms with van der Waals surface area (Å²) in [4.78, 5) is 43.0. The minimum absolute atomic E-state index is 0.00674. The molecule has 10 heteroatoms.